The summed E-state index contributed by atoms with van der Waals surface area (Å²) in [6.07, 6.45) is 6.51. The molecule has 1 aliphatic carbocycles. The number of nitrogens with one attached hydrogen (secondary N) is 2. The van der Waals surface area contributed by atoms with Crippen LogP contribution in [0.1, 0.15) is 31.2 Å². The summed E-state index contributed by atoms with van der Waals surface area (Å²) in [6, 6.07) is 11.9. The number of halogens is 1. The van der Waals surface area contributed by atoms with Gasteiger partial charge in [-0.3, -0.25) is 0 Å². The van der Waals surface area contributed by atoms with E-state index in [2.05, 4.69) is 27.8 Å². The van der Waals surface area contributed by atoms with Crippen LogP contribution in [0.3, 0.4) is 0 Å². The van der Waals surface area contributed by atoms with Gasteiger partial charge in [0.2, 0.25) is 5.88 Å². The number of ether oxygens (including phenoxy) is 1. The van der Waals surface area contributed by atoms with Gasteiger partial charge in [-0.1, -0.05) is 36.6 Å². The molecule has 6 heteroatoms. The van der Waals surface area contributed by atoms with E-state index in [4.69, 9.17) is 28.6 Å². The normalized spacial score (nSPS) is 15.6. The predicted octanol–water partition coefficient (Wildman–Crippen LogP) is 4.54. The molecule has 132 valence electrons. The Kier molecular flexibility index (Phi) is 5.76. The van der Waals surface area contributed by atoms with E-state index in [1.54, 1.807) is 19.4 Å². The van der Waals surface area contributed by atoms with Crippen molar-refractivity contribution in [1.29, 1.82) is 0 Å². The Bertz CT molecular complexity index is 712. The Hall–Kier alpha value is -1.85. The maximum atomic E-state index is 6.04. The van der Waals surface area contributed by atoms with E-state index in [-0.39, 0.29) is 5.41 Å². The summed E-state index contributed by atoms with van der Waals surface area (Å²) in [5.74, 6) is 0.581. The van der Waals surface area contributed by atoms with E-state index >= 15 is 0 Å². The molecule has 1 aromatic carbocycles. The Balaban J connectivity index is 1.63. The van der Waals surface area contributed by atoms with Crippen LogP contribution in [-0.2, 0) is 5.41 Å². The fourth-order valence-corrected chi connectivity index (χ4v) is 3.74. The molecular formula is C19H22ClN3OS. The van der Waals surface area contributed by atoms with Crippen molar-refractivity contribution in [2.24, 2.45) is 0 Å². The Morgan fingerprint density at radius 1 is 1.20 bits per heavy atom. The lowest BCUT2D eigenvalue weighted by molar-refractivity contribution is 0.398. The van der Waals surface area contributed by atoms with Crippen molar-refractivity contribution >= 4 is 34.6 Å². The van der Waals surface area contributed by atoms with E-state index in [1.807, 2.05) is 18.2 Å². The number of pyridine rings is 1. The molecule has 0 aliphatic heterocycles. The minimum Gasteiger partial charge on any atom is -0.481 e. The Morgan fingerprint density at radius 2 is 1.92 bits per heavy atom. The Labute approximate surface area is 158 Å². The van der Waals surface area contributed by atoms with Crippen molar-refractivity contribution in [2.45, 2.75) is 31.1 Å². The van der Waals surface area contributed by atoms with Crippen molar-refractivity contribution < 1.29 is 4.74 Å². The van der Waals surface area contributed by atoms with Gasteiger partial charge in [0, 0.05) is 23.0 Å². The number of methoxy groups -OCH3 is 1. The second kappa shape index (κ2) is 8.02. The lowest BCUT2D eigenvalue weighted by Gasteiger charge is -2.30. The van der Waals surface area contributed by atoms with Gasteiger partial charge >= 0.3 is 0 Å². The van der Waals surface area contributed by atoms with Crippen molar-refractivity contribution in [2.75, 3.05) is 19.0 Å². The molecule has 0 unspecified atom stereocenters. The lowest BCUT2D eigenvalue weighted by Crippen LogP contribution is -2.40. The number of thiocarbonyl (C=S) groups is 1. The highest BCUT2D eigenvalue weighted by atomic mass is 35.5. The van der Waals surface area contributed by atoms with Gasteiger partial charge in [0.1, 0.15) is 0 Å². The van der Waals surface area contributed by atoms with E-state index in [9.17, 15) is 0 Å². The molecule has 2 aromatic rings. The van der Waals surface area contributed by atoms with Gasteiger partial charge in [0.25, 0.3) is 0 Å². The van der Waals surface area contributed by atoms with Crippen molar-refractivity contribution in [1.82, 2.24) is 10.3 Å². The first-order chi connectivity index (χ1) is 12.1. The summed E-state index contributed by atoms with van der Waals surface area (Å²) in [5.41, 5.74) is 2.29. The van der Waals surface area contributed by atoms with Gasteiger partial charge < -0.3 is 15.4 Å². The summed E-state index contributed by atoms with van der Waals surface area (Å²) in [5, 5.41) is 7.94. The molecule has 2 N–H and O–H groups in total. The summed E-state index contributed by atoms with van der Waals surface area (Å²) in [7, 11) is 1.60. The average molecular weight is 376 g/mol. The summed E-state index contributed by atoms with van der Waals surface area (Å²) in [6.45, 7) is 0.810. The van der Waals surface area contributed by atoms with Gasteiger partial charge in [-0.05, 0) is 48.8 Å². The molecule has 0 radical (unpaired) electrons. The molecule has 25 heavy (non-hydrogen) atoms. The van der Waals surface area contributed by atoms with Crippen LogP contribution in [0.15, 0.2) is 42.6 Å². The minimum atomic E-state index is 0.120. The van der Waals surface area contributed by atoms with Gasteiger partial charge in [-0.15, -0.1) is 0 Å². The molecule has 0 bridgehead atoms. The first-order valence-electron chi connectivity index (χ1n) is 8.42. The number of rotatable bonds is 5. The quantitative estimate of drug-likeness (QED) is 0.751. The minimum absolute atomic E-state index is 0.120. The third-order valence-corrected chi connectivity index (χ3v) is 5.31. The number of nitrogens with zero attached hydrogens (tertiary/aromatic N) is 1. The van der Waals surface area contributed by atoms with Gasteiger partial charge in [0.15, 0.2) is 5.11 Å². The SMILES string of the molecule is COc1ccc(NC(=S)NCC2(c3ccc(Cl)cc3)CCCC2)cn1. The summed E-state index contributed by atoms with van der Waals surface area (Å²) < 4.78 is 5.06. The molecule has 0 spiro atoms. The van der Waals surface area contributed by atoms with Gasteiger partial charge in [0.05, 0.1) is 19.0 Å². The average Bonchev–Trinajstić information content (AvgIpc) is 3.11. The van der Waals surface area contributed by atoms with Crippen LogP contribution < -0.4 is 15.4 Å². The maximum absolute atomic E-state index is 6.04. The van der Waals surface area contributed by atoms with Gasteiger partial charge in [-0.2, -0.15) is 0 Å². The van der Waals surface area contributed by atoms with Crippen molar-refractivity contribution in [3.05, 3.63) is 53.2 Å². The largest absolute Gasteiger partial charge is 0.481 e. The molecule has 1 saturated carbocycles. The lowest BCUT2D eigenvalue weighted by atomic mass is 9.79. The van der Waals surface area contributed by atoms with Crippen LogP contribution in [0, 0.1) is 0 Å². The fourth-order valence-electron chi connectivity index (χ4n) is 3.42. The maximum Gasteiger partial charge on any atom is 0.213 e. The van der Waals surface area contributed by atoms with Crippen LogP contribution in [0.25, 0.3) is 0 Å². The molecule has 4 nitrogen and oxygen atoms in total. The van der Waals surface area contributed by atoms with Crippen LogP contribution >= 0.6 is 23.8 Å². The van der Waals surface area contributed by atoms with Crippen LogP contribution in [0.5, 0.6) is 5.88 Å². The second-order valence-corrected chi connectivity index (χ2v) is 7.24. The number of anilines is 1. The first-order valence-corrected chi connectivity index (χ1v) is 9.21. The summed E-state index contributed by atoms with van der Waals surface area (Å²) >= 11 is 11.5. The molecular weight excluding hydrogens is 354 g/mol. The predicted molar refractivity (Wildman–Crippen MR) is 107 cm³/mol. The van der Waals surface area contributed by atoms with Crippen LogP contribution in [0.4, 0.5) is 5.69 Å². The van der Waals surface area contributed by atoms with Crippen molar-refractivity contribution in [3.63, 3.8) is 0 Å². The Morgan fingerprint density at radius 3 is 2.52 bits per heavy atom. The van der Waals surface area contributed by atoms with Crippen molar-refractivity contribution in [3.8, 4) is 5.88 Å². The molecule has 0 amide bonds. The zero-order valence-corrected chi connectivity index (χ0v) is 15.8. The molecule has 3 rings (SSSR count). The molecule has 1 heterocycles. The number of benzene rings is 1. The second-order valence-electron chi connectivity index (χ2n) is 6.39. The monoisotopic (exact) mass is 375 g/mol. The molecule has 0 saturated heterocycles. The van der Waals surface area contributed by atoms with Gasteiger partial charge in [-0.25, -0.2) is 4.98 Å². The summed E-state index contributed by atoms with van der Waals surface area (Å²) in [4.78, 5) is 4.17. The highest BCUT2D eigenvalue weighted by Gasteiger charge is 2.35. The zero-order valence-electron chi connectivity index (χ0n) is 14.2. The standard InChI is InChI=1S/C19H22ClN3OS/c1-24-17-9-8-16(12-21-17)23-18(25)22-13-19(10-2-3-11-19)14-4-6-15(20)7-5-14/h4-9,12H,2-3,10-11,13H2,1H3,(H2,22,23,25). The van der Waals surface area contributed by atoms with E-state index in [0.29, 0.717) is 11.0 Å². The third-order valence-electron chi connectivity index (χ3n) is 4.81. The number of hydrogen-bond acceptors (Lipinski definition) is 3. The fraction of sp³-hybridized carbons (Fsp3) is 0.368. The van der Waals surface area contributed by atoms with Crippen LogP contribution in [-0.4, -0.2) is 23.8 Å². The smallest absolute Gasteiger partial charge is 0.213 e. The molecule has 1 fully saturated rings. The highest BCUT2D eigenvalue weighted by Crippen LogP contribution is 2.40. The molecule has 1 aliphatic rings. The molecule has 0 atom stereocenters. The topological polar surface area (TPSA) is 46.2 Å². The number of hydrogen-bond donors (Lipinski definition) is 2. The first kappa shape index (κ1) is 18.0. The zero-order chi connectivity index (χ0) is 17.7. The van der Waals surface area contributed by atoms with Crippen LogP contribution in [0.2, 0.25) is 5.02 Å². The molecule has 1 aromatic heterocycles. The number of aromatic nitrogens is 1. The highest BCUT2D eigenvalue weighted by molar-refractivity contribution is 7.80. The van der Waals surface area contributed by atoms with E-state index < -0.39 is 0 Å². The van der Waals surface area contributed by atoms with E-state index in [0.717, 1.165) is 30.1 Å². The third kappa shape index (κ3) is 4.41. The van der Waals surface area contributed by atoms with E-state index in [1.165, 1.54) is 18.4 Å².